The Morgan fingerprint density at radius 2 is 2.18 bits per heavy atom. The van der Waals surface area contributed by atoms with Crippen molar-refractivity contribution in [3.8, 4) is 5.75 Å². The maximum Gasteiger partial charge on any atom is 0.284 e. The van der Waals surface area contributed by atoms with Crippen molar-refractivity contribution in [2.45, 2.75) is 25.9 Å². The number of furan rings is 1. The summed E-state index contributed by atoms with van der Waals surface area (Å²) < 4.78 is 10.9. The molecule has 0 bridgehead atoms. The molecule has 4 N–H and O–H groups in total. The van der Waals surface area contributed by atoms with Crippen molar-refractivity contribution < 1.29 is 13.9 Å². The van der Waals surface area contributed by atoms with E-state index in [0.717, 1.165) is 37.5 Å². The molecule has 0 saturated carbocycles. The first-order valence-electron chi connectivity index (χ1n) is 9.42. The number of nitrogens with zero attached hydrogens (tertiary/aromatic N) is 2. The Kier molecular flexibility index (Phi) is 6.41. The second kappa shape index (κ2) is 9.16. The molecule has 1 atom stereocenters. The van der Waals surface area contributed by atoms with E-state index in [4.69, 9.17) is 14.9 Å². The molecule has 8 heteroatoms. The van der Waals surface area contributed by atoms with E-state index in [9.17, 15) is 4.79 Å². The normalized spacial score (nSPS) is 16.9. The predicted octanol–water partition coefficient (Wildman–Crippen LogP) is 1.72. The fourth-order valence-corrected chi connectivity index (χ4v) is 3.25. The highest BCUT2D eigenvalue weighted by Crippen LogP contribution is 2.30. The van der Waals surface area contributed by atoms with Crippen LogP contribution in [0.5, 0.6) is 5.75 Å². The fourth-order valence-electron chi connectivity index (χ4n) is 3.25. The van der Waals surface area contributed by atoms with Crippen LogP contribution in [0.25, 0.3) is 0 Å². The number of carbonyl (C=O) groups is 1. The molecule has 1 aromatic heterocycles. The Hall–Kier alpha value is -3.16. The summed E-state index contributed by atoms with van der Waals surface area (Å²) >= 11 is 0. The molecule has 2 heterocycles. The summed E-state index contributed by atoms with van der Waals surface area (Å²) in [6.45, 7) is 4.89. The molecule has 1 fully saturated rings. The lowest BCUT2D eigenvalue weighted by molar-refractivity contribution is 0.0972. The number of anilines is 1. The first-order chi connectivity index (χ1) is 13.6. The van der Waals surface area contributed by atoms with Crippen molar-refractivity contribution in [3.63, 3.8) is 0 Å². The van der Waals surface area contributed by atoms with E-state index < -0.39 is 5.91 Å². The minimum atomic E-state index is -0.581. The van der Waals surface area contributed by atoms with Gasteiger partial charge in [0.1, 0.15) is 18.1 Å². The summed E-state index contributed by atoms with van der Waals surface area (Å²) in [6.07, 6.45) is 0.995. The van der Waals surface area contributed by atoms with Gasteiger partial charge in [0.15, 0.2) is 11.7 Å². The number of carbonyl (C=O) groups excluding carboxylic acids is 1. The van der Waals surface area contributed by atoms with E-state index in [1.165, 1.54) is 0 Å². The number of primary amides is 1. The van der Waals surface area contributed by atoms with E-state index in [0.29, 0.717) is 18.3 Å². The van der Waals surface area contributed by atoms with Crippen LogP contribution < -0.4 is 26.0 Å². The first-order valence-corrected chi connectivity index (χ1v) is 9.42. The minimum Gasteiger partial charge on any atom is -0.495 e. The highest BCUT2D eigenvalue weighted by atomic mass is 16.5. The monoisotopic (exact) mass is 385 g/mol. The Labute approximate surface area is 164 Å². The van der Waals surface area contributed by atoms with Gasteiger partial charge in [-0.3, -0.25) is 4.79 Å². The van der Waals surface area contributed by atoms with Crippen LogP contribution in [0.15, 0.2) is 45.8 Å². The third-order valence-electron chi connectivity index (χ3n) is 4.60. The fraction of sp³-hybridized carbons (Fsp3) is 0.400. The predicted molar refractivity (Wildman–Crippen MR) is 109 cm³/mol. The van der Waals surface area contributed by atoms with Gasteiger partial charge in [-0.2, -0.15) is 0 Å². The molecule has 0 radical (unpaired) electrons. The molecule has 28 heavy (non-hydrogen) atoms. The lowest BCUT2D eigenvalue weighted by Gasteiger charge is -2.22. The summed E-state index contributed by atoms with van der Waals surface area (Å²) in [6, 6.07) is 11.6. The first kappa shape index (κ1) is 19.6. The molecule has 1 saturated heterocycles. The lowest BCUT2D eigenvalue weighted by Crippen LogP contribution is -2.44. The average Bonchev–Trinajstić information content (AvgIpc) is 3.36. The molecule has 0 aliphatic carbocycles. The molecular weight excluding hydrogens is 358 g/mol. The Balaban J connectivity index is 1.61. The van der Waals surface area contributed by atoms with E-state index in [1.54, 1.807) is 19.2 Å². The maximum absolute atomic E-state index is 11.1. The average molecular weight is 385 g/mol. The summed E-state index contributed by atoms with van der Waals surface area (Å²) in [5.74, 6) is 1.75. The number of nitrogens with two attached hydrogens (primary N) is 1. The molecule has 1 amide bonds. The standard InChI is InChI=1S/C20H27N5O3/c1-3-22-20(23-12-15-8-9-18(28-15)19(21)26)24-14-10-11-25(13-14)16-6-4-5-7-17(16)27-2/h4-9,14H,3,10-13H2,1-2H3,(H2,21,26)(H2,22,23,24). The van der Waals surface area contributed by atoms with Crippen LogP contribution in [0, 0.1) is 0 Å². The number of hydrogen-bond acceptors (Lipinski definition) is 5. The van der Waals surface area contributed by atoms with Gasteiger partial charge >= 0.3 is 0 Å². The molecule has 1 unspecified atom stereocenters. The van der Waals surface area contributed by atoms with Gasteiger partial charge in [0, 0.05) is 25.7 Å². The number of ether oxygens (including phenoxy) is 1. The number of benzene rings is 1. The van der Waals surface area contributed by atoms with Crippen molar-refractivity contribution in [1.29, 1.82) is 0 Å². The largest absolute Gasteiger partial charge is 0.495 e. The summed E-state index contributed by atoms with van der Waals surface area (Å²) in [5, 5.41) is 6.73. The summed E-state index contributed by atoms with van der Waals surface area (Å²) in [7, 11) is 1.69. The van der Waals surface area contributed by atoms with Crippen LogP contribution in [-0.4, -0.2) is 44.7 Å². The third kappa shape index (κ3) is 4.76. The van der Waals surface area contributed by atoms with Crippen LogP contribution in [0.1, 0.15) is 29.7 Å². The Bertz CT molecular complexity index is 833. The lowest BCUT2D eigenvalue weighted by atomic mass is 10.2. The summed E-state index contributed by atoms with van der Waals surface area (Å²) in [4.78, 5) is 18.0. The van der Waals surface area contributed by atoms with Crippen LogP contribution in [0.3, 0.4) is 0 Å². The molecule has 8 nitrogen and oxygen atoms in total. The number of rotatable bonds is 7. The topological polar surface area (TPSA) is 105 Å². The molecule has 1 aliphatic rings. The van der Waals surface area contributed by atoms with Gasteiger partial charge in [-0.15, -0.1) is 0 Å². The zero-order valence-electron chi connectivity index (χ0n) is 16.3. The van der Waals surface area contributed by atoms with Crippen molar-refractivity contribution in [2.75, 3.05) is 31.6 Å². The molecule has 1 aliphatic heterocycles. The Morgan fingerprint density at radius 1 is 1.36 bits per heavy atom. The second-order valence-corrected chi connectivity index (χ2v) is 6.57. The summed E-state index contributed by atoms with van der Waals surface area (Å²) in [5.41, 5.74) is 6.32. The molecule has 3 rings (SSSR count). The Morgan fingerprint density at radius 3 is 2.89 bits per heavy atom. The van der Waals surface area contributed by atoms with Crippen LogP contribution in [-0.2, 0) is 6.54 Å². The van der Waals surface area contributed by atoms with E-state index in [2.05, 4.69) is 26.6 Å². The van der Waals surface area contributed by atoms with Crippen LogP contribution >= 0.6 is 0 Å². The highest BCUT2D eigenvalue weighted by Gasteiger charge is 2.25. The van der Waals surface area contributed by atoms with Crippen molar-refractivity contribution in [3.05, 3.63) is 47.9 Å². The number of aliphatic imine (C=N–C) groups is 1. The van der Waals surface area contributed by atoms with Gasteiger partial charge in [-0.1, -0.05) is 12.1 Å². The van der Waals surface area contributed by atoms with E-state index in [1.807, 2.05) is 25.1 Å². The van der Waals surface area contributed by atoms with Gasteiger partial charge in [0.25, 0.3) is 5.91 Å². The van der Waals surface area contributed by atoms with Gasteiger partial charge in [0.2, 0.25) is 0 Å². The van der Waals surface area contributed by atoms with Gasteiger partial charge in [0.05, 0.1) is 12.8 Å². The van der Waals surface area contributed by atoms with Crippen molar-refractivity contribution in [2.24, 2.45) is 10.7 Å². The zero-order valence-corrected chi connectivity index (χ0v) is 16.3. The maximum atomic E-state index is 11.1. The molecule has 2 aromatic rings. The number of para-hydroxylation sites is 2. The molecule has 1 aromatic carbocycles. The molecule has 0 spiro atoms. The molecular formula is C20H27N5O3. The van der Waals surface area contributed by atoms with E-state index >= 15 is 0 Å². The van der Waals surface area contributed by atoms with Crippen LogP contribution in [0.2, 0.25) is 0 Å². The molecule has 150 valence electrons. The number of guanidine groups is 1. The number of amides is 1. The number of hydrogen-bond donors (Lipinski definition) is 3. The van der Waals surface area contributed by atoms with Crippen molar-refractivity contribution >= 4 is 17.6 Å². The quantitative estimate of drug-likeness (QED) is 0.495. The van der Waals surface area contributed by atoms with Gasteiger partial charge in [-0.05, 0) is 37.6 Å². The van der Waals surface area contributed by atoms with Crippen LogP contribution in [0.4, 0.5) is 5.69 Å². The minimum absolute atomic E-state index is 0.145. The van der Waals surface area contributed by atoms with Crippen molar-refractivity contribution in [1.82, 2.24) is 10.6 Å². The van der Waals surface area contributed by atoms with Gasteiger partial charge in [-0.25, -0.2) is 4.99 Å². The number of nitrogens with one attached hydrogen (secondary N) is 2. The SMILES string of the molecule is CCNC(=NCc1ccc(C(N)=O)o1)NC1CCN(c2ccccc2OC)C1. The second-order valence-electron chi connectivity index (χ2n) is 6.57. The van der Waals surface area contributed by atoms with E-state index in [-0.39, 0.29) is 11.8 Å². The zero-order chi connectivity index (χ0) is 19.9. The van der Waals surface area contributed by atoms with Gasteiger partial charge < -0.3 is 30.4 Å². The third-order valence-corrected chi connectivity index (χ3v) is 4.60. The number of methoxy groups -OCH3 is 1. The smallest absolute Gasteiger partial charge is 0.284 e. The highest BCUT2D eigenvalue weighted by molar-refractivity contribution is 5.89.